The number of amides is 4. The van der Waals surface area contributed by atoms with Crippen LogP contribution in [0, 0.1) is 5.92 Å². The number of hydrogen-bond acceptors (Lipinski definition) is 3. The molecule has 0 bridgehead atoms. The molecule has 7 heteroatoms. The number of anilines is 1. The molecule has 0 aliphatic carbocycles. The Morgan fingerprint density at radius 3 is 2.39 bits per heavy atom. The van der Waals surface area contributed by atoms with E-state index in [-0.39, 0.29) is 29.8 Å². The van der Waals surface area contributed by atoms with Crippen LogP contribution in [0.15, 0.2) is 24.3 Å². The van der Waals surface area contributed by atoms with Gasteiger partial charge in [-0.2, -0.15) is 0 Å². The number of nitrogens with one attached hydrogen (secondary N) is 2. The fourth-order valence-electron chi connectivity index (χ4n) is 3.57. The Bertz CT molecular complexity index is 695. The third-order valence-electron chi connectivity index (χ3n) is 5.25. The number of rotatable bonds is 6. The summed E-state index contributed by atoms with van der Waals surface area (Å²) in [4.78, 5) is 40.0. The van der Waals surface area contributed by atoms with Crippen LogP contribution in [-0.2, 0) is 9.59 Å². The minimum atomic E-state index is -0.184. The average molecular weight is 389 g/mol. The predicted octanol–water partition coefficient (Wildman–Crippen LogP) is 3.00. The molecule has 1 fully saturated rings. The second-order valence-electron chi connectivity index (χ2n) is 7.25. The maximum atomic E-state index is 12.6. The molecule has 1 saturated heterocycles. The highest BCUT2D eigenvalue weighted by molar-refractivity contribution is 5.88. The molecule has 1 aromatic carbocycles. The summed E-state index contributed by atoms with van der Waals surface area (Å²) < 4.78 is 0. The largest absolute Gasteiger partial charge is 0.343 e. The molecule has 1 unspecified atom stereocenters. The van der Waals surface area contributed by atoms with Crippen molar-refractivity contribution in [1.82, 2.24) is 15.1 Å². The average Bonchev–Trinajstić information content (AvgIpc) is 2.68. The standard InChI is InChI=1S/C21H32N4O3/c1-5-24(6-2)20(27)17-10-12-25(13-11-17)21(28)22-15(3)18-8-7-9-19(14-18)23-16(4)26/h7-9,14-15,17H,5-6,10-13H2,1-4H3,(H,22,28)(H,23,26). The summed E-state index contributed by atoms with van der Waals surface area (Å²) in [7, 11) is 0. The first-order valence-corrected chi connectivity index (χ1v) is 10.1. The van der Waals surface area contributed by atoms with Crippen LogP contribution < -0.4 is 10.6 Å². The Labute approximate surface area is 167 Å². The first-order valence-electron chi connectivity index (χ1n) is 10.1. The summed E-state index contributed by atoms with van der Waals surface area (Å²) in [5.41, 5.74) is 1.63. The molecule has 0 saturated carbocycles. The zero-order valence-electron chi connectivity index (χ0n) is 17.3. The van der Waals surface area contributed by atoms with Gasteiger partial charge in [-0.1, -0.05) is 12.1 Å². The van der Waals surface area contributed by atoms with Gasteiger partial charge < -0.3 is 20.4 Å². The molecule has 4 amide bonds. The lowest BCUT2D eigenvalue weighted by molar-refractivity contribution is -0.136. The molecule has 2 rings (SSSR count). The number of carbonyl (C=O) groups is 3. The van der Waals surface area contributed by atoms with Crippen molar-refractivity contribution in [3.05, 3.63) is 29.8 Å². The van der Waals surface area contributed by atoms with Crippen molar-refractivity contribution in [2.24, 2.45) is 5.92 Å². The summed E-state index contributed by atoms with van der Waals surface area (Å²) in [6, 6.07) is 7.15. The minimum absolute atomic E-state index is 0.00992. The molecular weight excluding hydrogens is 356 g/mol. The van der Waals surface area contributed by atoms with Crippen molar-refractivity contribution < 1.29 is 14.4 Å². The van der Waals surface area contributed by atoms with Gasteiger partial charge in [0, 0.05) is 44.7 Å². The van der Waals surface area contributed by atoms with E-state index in [0.717, 1.165) is 18.7 Å². The number of piperidine rings is 1. The third kappa shape index (κ3) is 5.71. The van der Waals surface area contributed by atoms with E-state index in [1.54, 1.807) is 4.90 Å². The monoisotopic (exact) mass is 388 g/mol. The Morgan fingerprint density at radius 1 is 1.18 bits per heavy atom. The Balaban J connectivity index is 1.88. The first kappa shape index (κ1) is 21.7. The molecule has 7 nitrogen and oxygen atoms in total. The van der Waals surface area contributed by atoms with Gasteiger partial charge in [-0.15, -0.1) is 0 Å². The smallest absolute Gasteiger partial charge is 0.317 e. The van der Waals surface area contributed by atoms with Gasteiger partial charge >= 0.3 is 6.03 Å². The first-order chi connectivity index (χ1) is 13.3. The quantitative estimate of drug-likeness (QED) is 0.786. The van der Waals surface area contributed by atoms with E-state index >= 15 is 0 Å². The van der Waals surface area contributed by atoms with E-state index in [4.69, 9.17) is 0 Å². The van der Waals surface area contributed by atoms with Crippen LogP contribution >= 0.6 is 0 Å². The third-order valence-corrected chi connectivity index (χ3v) is 5.25. The molecule has 1 aliphatic rings. The maximum absolute atomic E-state index is 12.6. The predicted molar refractivity (Wildman–Crippen MR) is 110 cm³/mol. The zero-order valence-corrected chi connectivity index (χ0v) is 17.3. The summed E-state index contributed by atoms with van der Waals surface area (Å²) in [5.74, 6) is 0.0832. The second-order valence-corrected chi connectivity index (χ2v) is 7.25. The van der Waals surface area contributed by atoms with E-state index < -0.39 is 0 Å². The van der Waals surface area contributed by atoms with Gasteiger partial charge in [0.25, 0.3) is 0 Å². The van der Waals surface area contributed by atoms with Crippen molar-refractivity contribution >= 4 is 23.5 Å². The normalized spacial score (nSPS) is 15.6. The molecule has 1 aromatic rings. The highest BCUT2D eigenvalue weighted by Crippen LogP contribution is 2.21. The molecule has 0 spiro atoms. The van der Waals surface area contributed by atoms with Crippen LogP contribution in [0.4, 0.5) is 10.5 Å². The number of carbonyl (C=O) groups excluding carboxylic acids is 3. The minimum Gasteiger partial charge on any atom is -0.343 e. The van der Waals surface area contributed by atoms with E-state index in [1.165, 1.54) is 6.92 Å². The Hall–Kier alpha value is -2.57. The number of likely N-dealkylation sites (tertiary alicyclic amines) is 1. The summed E-state index contributed by atoms with van der Waals surface area (Å²) >= 11 is 0. The van der Waals surface area contributed by atoms with Crippen LogP contribution in [0.3, 0.4) is 0 Å². The lowest BCUT2D eigenvalue weighted by Gasteiger charge is -2.34. The van der Waals surface area contributed by atoms with Crippen molar-refractivity contribution in [2.45, 2.75) is 46.6 Å². The van der Waals surface area contributed by atoms with Crippen molar-refractivity contribution in [3.63, 3.8) is 0 Å². The molecule has 154 valence electrons. The Kier molecular flexibility index (Phi) is 7.84. The zero-order chi connectivity index (χ0) is 20.7. The van der Waals surface area contributed by atoms with Crippen molar-refractivity contribution in [1.29, 1.82) is 0 Å². The molecule has 28 heavy (non-hydrogen) atoms. The highest BCUT2D eigenvalue weighted by atomic mass is 16.2. The van der Waals surface area contributed by atoms with Gasteiger partial charge in [0.05, 0.1) is 6.04 Å². The Morgan fingerprint density at radius 2 is 1.82 bits per heavy atom. The molecule has 1 atom stereocenters. The van der Waals surface area contributed by atoms with E-state index in [2.05, 4.69) is 10.6 Å². The van der Waals surface area contributed by atoms with Crippen LogP contribution in [0.25, 0.3) is 0 Å². The van der Waals surface area contributed by atoms with E-state index in [1.807, 2.05) is 49.9 Å². The van der Waals surface area contributed by atoms with Crippen LogP contribution in [0.5, 0.6) is 0 Å². The molecule has 1 aliphatic heterocycles. The molecule has 0 aromatic heterocycles. The van der Waals surface area contributed by atoms with Crippen molar-refractivity contribution in [3.8, 4) is 0 Å². The van der Waals surface area contributed by atoms with Crippen LogP contribution in [0.1, 0.15) is 52.1 Å². The molecule has 2 N–H and O–H groups in total. The fourth-order valence-corrected chi connectivity index (χ4v) is 3.57. The molecule has 0 radical (unpaired) electrons. The SMILES string of the molecule is CCN(CC)C(=O)C1CCN(C(=O)NC(C)c2cccc(NC(C)=O)c2)CC1. The van der Waals surface area contributed by atoms with E-state index in [9.17, 15) is 14.4 Å². The maximum Gasteiger partial charge on any atom is 0.317 e. The van der Waals surface area contributed by atoms with Crippen LogP contribution in [0.2, 0.25) is 0 Å². The molecular formula is C21H32N4O3. The number of nitrogens with zero attached hydrogens (tertiary/aromatic N) is 2. The fraction of sp³-hybridized carbons (Fsp3) is 0.571. The van der Waals surface area contributed by atoms with Gasteiger partial charge in [-0.25, -0.2) is 4.79 Å². The summed E-state index contributed by atoms with van der Waals surface area (Å²) in [6.07, 6.45) is 1.41. The second kappa shape index (κ2) is 10.1. The van der Waals surface area contributed by atoms with Crippen LogP contribution in [-0.4, -0.2) is 53.8 Å². The van der Waals surface area contributed by atoms with E-state index in [0.29, 0.717) is 31.6 Å². The summed E-state index contributed by atoms with van der Waals surface area (Å²) in [6.45, 7) is 9.99. The highest BCUT2D eigenvalue weighted by Gasteiger charge is 2.29. The number of benzene rings is 1. The van der Waals surface area contributed by atoms with Gasteiger partial charge in [0.15, 0.2) is 0 Å². The van der Waals surface area contributed by atoms with Gasteiger partial charge in [0.1, 0.15) is 0 Å². The number of urea groups is 1. The summed E-state index contributed by atoms with van der Waals surface area (Å²) in [5, 5.41) is 5.77. The lowest BCUT2D eigenvalue weighted by atomic mass is 9.95. The molecule has 1 heterocycles. The number of hydrogen-bond donors (Lipinski definition) is 2. The van der Waals surface area contributed by atoms with Gasteiger partial charge in [-0.3, -0.25) is 9.59 Å². The van der Waals surface area contributed by atoms with Gasteiger partial charge in [-0.05, 0) is 51.3 Å². The lowest BCUT2D eigenvalue weighted by Crippen LogP contribution is -2.48. The van der Waals surface area contributed by atoms with Gasteiger partial charge in [0.2, 0.25) is 11.8 Å². The topological polar surface area (TPSA) is 81.8 Å². The van der Waals surface area contributed by atoms with Crippen molar-refractivity contribution in [2.75, 3.05) is 31.5 Å².